The van der Waals surface area contributed by atoms with Crippen molar-refractivity contribution in [3.05, 3.63) is 12.7 Å². The highest BCUT2D eigenvalue weighted by atomic mass is 32.2. The van der Waals surface area contributed by atoms with Gasteiger partial charge in [0.15, 0.2) is 5.96 Å². The lowest BCUT2D eigenvalue weighted by molar-refractivity contribution is 0.599. The van der Waals surface area contributed by atoms with Crippen LogP contribution in [0.1, 0.15) is 13.3 Å². The van der Waals surface area contributed by atoms with Gasteiger partial charge in [0.2, 0.25) is 0 Å². The van der Waals surface area contributed by atoms with Gasteiger partial charge in [0, 0.05) is 25.9 Å². The molecule has 0 saturated carbocycles. The zero-order chi connectivity index (χ0) is 12.4. The van der Waals surface area contributed by atoms with Crippen LogP contribution >= 0.6 is 0 Å². The molecule has 6 heteroatoms. The normalized spacial score (nSPS) is 12.2. The maximum Gasteiger partial charge on any atom is 0.191 e. The van der Waals surface area contributed by atoms with Crippen LogP contribution in [-0.2, 0) is 9.84 Å². The first kappa shape index (κ1) is 15.0. The van der Waals surface area contributed by atoms with Crippen molar-refractivity contribution >= 4 is 15.8 Å². The van der Waals surface area contributed by atoms with Crippen LogP contribution in [0.25, 0.3) is 0 Å². The second kappa shape index (κ2) is 8.15. The zero-order valence-corrected chi connectivity index (χ0v) is 10.8. The van der Waals surface area contributed by atoms with E-state index in [1.54, 1.807) is 6.08 Å². The van der Waals surface area contributed by atoms with E-state index < -0.39 is 9.84 Å². The van der Waals surface area contributed by atoms with Crippen molar-refractivity contribution in [1.29, 1.82) is 0 Å². The summed E-state index contributed by atoms with van der Waals surface area (Å²) >= 11 is 0. The molecule has 0 aliphatic carbocycles. The van der Waals surface area contributed by atoms with Crippen molar-refractivity contribution in [2.75, 3.05) is 31.6 Å². The van der Waals surface area contributed by atoms with Crippen LogP contribution in [0.3, 0.4) is 0 Å². The smallest absolute Gasteiger partial charge is 0.191 e. The molecule has 2 N–H and O–H groups in total. The first-order valence-corrected chi connectivity index (χ1v) is 7.36. The number of sulfone groups is 1. The molecule has 0 aromatic rings. The third kappa shape index (κ3) is 9.51. The predicted molar refractivity (Wildman–Crippen MR) is 68.5 cm³/mol. The third-order valence-electron chi connectivity index (χ3n) is 1.70. The Balaban J connectivity index is 3.97. The first-order chi connectivity index (χ1) is 7.49. The van der Waals surface area contributed by atoms with Crippen LogP contribution in [0.2, 0.25) is 0 Å². The Kier molecular flexibility index (Phi) is 7.62. The van der Waals surface area contributed by atoms with Gasteiger partial charge in [-0.3, -0.25) is 4.99 Å². The van der Waals surface area contributed by atoms with Crippen LogP contribution in [0.15, 0.2) is 17.6 Å². The van der Waals surface area contributed by atoms with Crippen molar-refractivity contribution in [1.82, 2.24) is 10.6 Å². The molecule has 0 saturated heterocycles. The summed E-state index contributed by atoms with van der Waals surface area (Å²) in [5.41, 5.74) is 0. The van der Waals surface area contributed by atoms with Crippen molar-refractivity contribution in [2.45, 2.75) is 13.3 Å². The molecule has 0 fully saturated rings. The summed E-state index contributed by atoms with van der Waals surface area (Å²) in [6, 6.07) is 0. The SMILES string of the molecule is C=CCNC(=NCCCS(C)(=O)=O)NCC. The van der Waals surface area contributed by atoms with E-state index >= 15 is 0 Å². The summed E-state index contributed by atoms with van der Waals surface area (Å²) < 4.78 is 21.8. The molecule has 0 bridgehead atoms. The van der Waals surface area contributed by atoms with Crippen LogP contribution in [-0.4, -0.2) is 46.0 Å². The first-order valence-electron chi connectivity index (χ1n) is 5.30. The van der Waals surface area contributed by atoms with E-state index in [9.17, 15) is 8.42 Å². The van der Waals surface area contributed by atoms with Crippen LogP contribution in [0.5, 0.6) is 0 Å². The molecule has 0 aliphatic rings. The van der Waals surface area contributed by atoms with Gasteiger partial charge in [-0.25, -0.2) is 8.42 Å². The molecule has 0 amide bonds. The highest BCUT2D eigenvalue weighted by Crippen LogP contribution is 1.89. The second-order valence-corrected chi connectivity index (χ2v) is 5.67. The fraction of sp³-hybridized carbons (Fsp3) is 0.700. The van der Waals surface area contributed by atoms with E-state index in [0.717, 1.165) is 6.54 Å². The van der Waals surface area contributed by atoms with Gasteiger partial charge in [-0.15, -0.1) is 6.58 Å². The Bertz CT molecular complexity index is 323. The van der Waals surface area contributed by atoms with Crippen molar-refractivity contribution in [3.8, 4) is 0 Å². The molecular formula is C10H21N3O2S. The fourth-order valence-corrected chi connectivity index (χ4v) is 1.68. The Morgan fingerprint density at radius 2 is 2.12 bits per heavy atom. The van der Waals surface area contributed by atoms with Crippen molar-refractivity contribution < 1.29 is 8.42 Å². The summed E-state index contributed by atoms with van der Waals surface area (Å²) in [6.45, 7) is 7.48. The summed E-state index contributed by atoms with van der Waals surface area (Å²) in [5.74, 6) is 0.869. The molecule has 5 nitrogen and oxygen atoms in total. The average Bonchev–Trinajstić information content (AvgIpc) is 2.19. The zero-order valence-electron chi connectivity index (χ0n) is 9.99. The summed E-state index contributed by atoms with van der Waals surface area (Å²) in [7, 11) is -2.88. The fourth-order valence-electron chi connectivity index (χ4n) is 1.03. The number of hydrogen-bond donors (Lipinski definition) is 2. The quantitative estimate of drug-likeness (QED) is 0.291. The number of rotatable bonds is 7. The van der Waals surface area contributed by atoms with E-state index in [1.165, 1.54) is 6.26 Å². The predicted octanol–water partition coefficient (Wildman–Crippen LogP) is 0.162. The van der Waals surface area contributed by atoms with Gasteiger partial charge in [-0.1, -0.05) is 6.08 Å². The summed E-state index contributed by atoms with van der Waals surface area (Å²) in [4.78, 5) is 4.24. The lowest BCUT2D eigenvalue weighted by Crippen LogP contribution is -2.37. The minimum Gasteiger partial charge on any atom is -0.357 e. The van der Waals surface area contributed by atoms with Crippen molar-refractivity contribution in [2.24, 2.45) is 4.99 Å². The maximum absolute atomic E-state index is 10.9. The third-order valence-corrected chi connectivity index (χ3v) is 2.73. The molecule has 0 aromatic carbocycles. The minimum absolute atomic E-state index is 0.178. The molecule has 94 valence electrons. The molecule has 0 radical (unpaired) electrons. The van der Waals surface area contributed by atoms with Gasteiger partial charge in [0.1, 0.15) is 9.84 Å². The van der Waals surface area contributed by atoms with Gasteiger partial charge in [0.25, 0.3) is 0 Å². The number of nitrogens with zero attached hydrogens (tertiary/aromatic N) is 1. The highest BCUT2D eigenvalue weighted by molar-refractivity contribution is 7.90. The lowest BCUT2D eigenvalue weighted by atomic mass is 10.5. The number of aliphatic imine (C=N–C) groups is 1. The topological polar surface area (TPSA) is 70.6 Å². The summed E-state index contributed by atoms with van der Waals surface area (Å²) in [5, 5.41) is 6.10. The van der Waals surface area contributed by atoms with E-state index in [-0.39, 0.29) is 5.75 Å². The van der Waals surface area contributed by atoms with Crippen LogP contribution < -0.4 is 10.6 Å². The molecule has 0 aromatic heterocycles. The van der Waals surface area contributed by atoms with Gasteiger partial charge >= 0.3 is 0 Å². The van der Waals surface area contributed by atoms with E-state index in [1.807, 2.05) is 6.92 Å². The molecule has 16 heavy (non-hydrogen) atoms. The van der Waals surface area contributed by atoms with Crippen LogP contribution in [0, 0.1) is 0 Å². The second-order valence-electron chi connectivity index (χ2n) is 3.41. The highest BCUT2D eigenvalue weighted by Gasteiger charge is 2.01. The largest absolute Gasteiger partial charge is 0.357 e. The standard InChI is InChI=1S/C10H21N3O2S/c1-4-7-12-10(11-5-2)13-8-6-9-16(3,14)15/h4H,1,5-9H2,2-3H3,(H2,11,12,13). The molecule has 0 heterocycles. The summed E-state index contributed by atoms with van der Waals surface area (Å²) in [6.07, 6.45) is 3.52. The van der Waals surface area contributed by atoms with Gasteiger partial charge in [-0.2, -0.15) is 0 Å². The molecular weight excluding hydrogens is 226 g/mol. The lowest BCUT2D eigenvalue weighted by Gasteiger charge is -2.08. The van der Waals surface area contributed by atoms with E-state index in [4.69, 9.17) is 0 Å². The molecule has 0 atom stereocenters. The van der Waals surface area contributed by atoms with Crippen LogP contribution in [0.4, 0.5) is 0 Å². The number of hydrogen-bond acceptors (Lipinski definition) is 3. The average molecular weight is 247 g/mol. The number of nitrogens with one attached hydrogen (secondary N) is 2. The molecule has 0 unspecified atom stereocenters. The Morgan fingerprint density at radius 1 is 1.44 bits per heavy atom. The van der Waals surface area contributed by atoms with E-state index in [2.05, 4.69) is 22.2 Å². The number of guanidine groups is 1. The monoisotopic (exact) mass is 247 g/mol. The maximum atomic E-state index is 10.9. The Hall–Kier alpha value is -1.04. The molecule has 0 spiro atoms. The van der Waals surface area contributed by atoms with E-state index in [0.29, 0.717) is 25.5 Å². The van der Waals surface area contributed by atoms with Gasteiger partial charge in [-0.05, 0) is 13.3 Å². The van der Waals surface area contributed by atoms with Gasteiger partial charge < -0.3 is 10.6 Å². The molecule has 0 rings (SSSR count). The van der Waals surface area contributed by atoms with Crippen molar-refractivity contribution in [3.63, 3.8) is 0 Å². The molecule has 0 aliphatic heterocycles. The minimum atomic E-state index is -2.88. The Labute approximate surface area is 98.0 Å². The van der Waals surface area contributed by atoms with Gasteiger partial charge in [0.05, 0.1) is 5.75 Å². The Morgan fingerprint density at radius 3 is 2.62 bits per heavy atom.